The van der Waals surface area contributed by atoms with E-state index in [1.54, 1.807) is 6.07 Å². The number of hydrogen-bond donors (Lipinski definition) is 1. The standard InChI is InChI=1S/C18H22F3N5/c1-10(17-7-11-4-12(8-17)6-13(5-11)9-17)22-14-2-3-15-23-24-16(18(19,20)21)26(15)25-14/h2-3,10-13H,4-9H2,1H3,(H,22,25). The SMILES string of the molecule is CC(Nc1ccc2nnc(C(F)(F)F)n2n1)C12CC3CC(CC(C3)C1)C2. The Morgan fingerprint density at radius 3 is 2.27 bits per heavy atom. The van der Waals surface area contributed by atoms with Crippen LogP contribution < -0.4 is 5.32 Å². The second-order valence-corrected chi connectivity index (χ2v) is 8.66. The Morgan fingerprint density at radius 1 is 1.08 bits per heavy atom. The Kier molecular flexibility index (Phi) is 3.35. The van der Waals surface area contributed by atoms with Crippen molar-refractivity contribution in [2.45, 2.75) is 57.7 Å². The predicted octanol–water partition coefficient (Wildman–Crippen LogP) is 4.16. The van der Waals surface area contributed by atoms with Crippen LogP contribution in [-0.4, -0.2) is 25.9 Å². The van der Waals surface area contributed by atoms with Crippen LogP contribution in [0.1, 0.15) is 51.3 Å². The van der Waals surface area contributed by atoms with E-state index < -0.39 is 12.0 Å². The third-order valence-corrected chi connectivity index (χ3v) is 6.88. The number of alkyl halides is 3. The number of nitrogens with zero attached hydrogens (tertiary/aromatic N) is 4. The van der Waals surface area contributed by atoms with Crippen molar-refractivity contribution in [1.29, 1.82) is 0 Å². The first kappa shape index (κ1) is 16.3. The van der Waals surface area contributed by atoms with Gasteiger partial charge in [-0.05, 0) is 80.8 Å². The highest BCUT2D eigenvalue weighted by Gasteiger charge is 2.53. The summed E-state index contributed by atoms with van der Waals surface area (Å²) in [7, 11) is 0. The maximum absolute atomic E-state index is 13.1. The maximum atomic E-state index is 13.1. The molecule has 4 bridgehead atoms. The molecule has 4 saturated carbocycles. The monoisotopic (exact) mass is 365 g/mol. The van der Waals surface area contributed by atoms with Crippen LogP contribution in [0.25, 0.3) is 5.65 Å². The van der Waals surface area contributed by atoms with Crippen molar-refractivity contribution >= 4 is 11.5 Å². The molecule has 0 saturated heterocycles. The number of halogens is 3. The van der Waals surface area contributed by atoms with E-state index in [1.165, 1.54) is 44.6 Å². The molecule has 4 aliphatic rings. The zero-order chi connectivity index (χ0) is 18.1. The van der Waals surface area contributed by atoms with E-state index in [4.69, 9.17) is 0 Å². The van der Waals surface area contributed by atoms with Crippen LogP contribution in [0.3, 0.4) is 0 Å². The van der Waals surface area contributed by atoms with Gasteiger partial charge in [0.05, 0.1) is 0 Å². The van der Waals surface area contributed by atoms with Crippen molar-refractivity contribution in [1.82, 2.24) is 19.8 Å². The highest BCUT2D eigenvalue weighted by Crippen LogP contribution is 2.61. The van der Waals surface area contributed by atoms with E-state index in [-0.39, 0.29) is 17.1 Å². The molecule has 0 aliphatic heterocycles. The molecular weight excluding hydrogens is 343 g/mol. The molecule has 2 aromatic heterocycles. The second-order valence-electron chi connectivity index (χ2n) is 8.66. The smallest absolute Gasteiger partial charge is 0.366 e. The fourth-order valence-electron chi connectivity index (χ4n) is 6.13. The number of nitrogens with one attached hydrogen (secondary N) is 1. The zero-order valence-corrected chi connectivity index (χ0v) is 14.6. The summed E-state index contributed by atoms with van der Waals surface area (Å²) >= 11 is 0. The molecule has 8 heteroatoms. The molecule has 5 nitrogen and oxygen atoms in total. The number of fused-ring (bicyclic) bond motifs is 1. The van der Waals surface area contributed by atoms with Crippen LogP contribution in [0.2, 0.25) is 0 Å². The molecule has 4 fully saturated rings. The van der Waals surface area contributed by atoms with Crippen molar-refractivity contribution in [2.75, 3.05) is 5.32 Å². The summed E-state index contributed by atoms with van der Waals surface area (Å²) in [4.78, 5) is 0. The summed E-state index contributed by atoms with van der Waals surface area (Å²) in [6, 6.07) is 3.41. The minimum Gasteiger partial charge on any atom is -0.366 e. The Hall–Kier alpha value is -1.86. The van der Waals surface area contributed by atoms with Crippen molar-refractivity contribution in [3.63, 3.8) is 0 Å². The normalized spacial score (nSPS) is 34.4. The highest BCUT2D eigenvalue weighted by atomic mass is 19.4. The number of rotatable bonds is 3. The van der Waals surface area contributed by atoms with E-state index in [0.29, 0.717) is 5.82 Å². The molecule has 0 radical (unpaired) electrons. The molecular formula is C18H22F3N5. The quantitative estimate of drug-likeness (QED) is 0.887. The fraction of sp³-hybridized carbons (Fsp3) is 0.722. The average Bonchev–Trinajstić information content (AvgIpc) is 2.97. The summed E-state index contributed by atoms with van der Waals surface area (Å²) in [5.41, 5.74) is 0.358. The van der Waals surface area contributed by atoms with Gasteiger partial charge >= 0.3 is 6.18 Å². The van der Waals surface area contributed by atoms with Gasteiger partial charge in [-0.25, -0.2) is 0 Å². The topological polar surface area (TPSA) is 55.1 Å². The summed E-state index contributed by atoms with van der Waals surface area (Å²) < 4.78 is 40.0. The van der Waals surface area contributed by atoms with Crippen molar-refractivity contribution in [3.8, 4) is 0 Å². The van der Waals surface area contributed by atoms with E-state index in [1.807, 2.05) is 0 Å². The van der Waals surface area contributed by atoms with E-state index in [9.17, 15) is 13.2 Å². The molecule has 1 N–H and O–H groups in total. The lowest BCUT2D eigenvalue weighted by atomic mass is 9.48. The van der Waals surface area contributed by atoms with E-state index in [0.717, 1.165) is 22.3 Å². The highest BCUT2D eigenvalue weighted by molar-refractivity contribution is 5.45. The molecule has 1 atom stereocenters. The van der Waals surface area contributed by atoms with Gasteiger partial charge in [0, 0.05) is 6.04 Å². The van der Waals surface area contributed by atoms with Gasteiger partial charge in [-0.1, -0.05) is 0 Å². The van der Waals surface area contributed by atoms with Crippen molar-refractivity contribution in [3.05, 3.63) is 18.0 Å². The molecule has 0 spiro atoms. The van der Waals surface area contributed by atoms with Crippen LogP contribution in [0.15, 0.2) is 12.1 Å². The van der Waals surface area contributed by atoms with E-state index in [2.05, 4.69) is 27.5 Å². The van der Waals surface area contributed by atoms with Gasteiger partial charge in [0.2, 0.25) is 0 Å². The Morgan fingerprint density at radius 2 is 1.69 bits per heavy atom. The van der Waals surface area contributed by atoms with Gasteiger partial charge in [0.25, 0.3) is 5.82 Å². The lowest BCUT2D eigenvalue weighted by Gasteiger charge is -2.59. The number of aromatic nitrogens is 4. The third-order valence-electron chi connectivity index (χ3n) is 6.88. The lowest BCUT2D eigenvalue weighted by molar-refractivity contribution is -0.146. The van der Waals surface area contributed by atoms with Crippen LogP contribution in [0.4, 0.5) is 19.0 Å². The molecule has 4 aliphatic carbocycles. The van der Waals surface area contributed by atoms with Gasteiger partial charge in [-0.3, -0.25) is 0 Å². The Balaban J connectivity index is 1.42. The molecule has 140 valence electrons. The first-order chi connectivity index (χ1) is 12.3. The molecule has 6 rings (SSSR count). The lowest BCUT2D eigenvalue weighted by Crippen LogP contribution is -2.53. The van der Waals surface area contributed by atoms with Crippen LogP contribution in [-0.2, 0) is 6.18 Å². The average molecular weight is 365 g/mol. The number of anilines is 1. The van der Waals surface area contributed by atoms with Crippen LogP contribution in [0.5, 0.6) is 0 Å². The predicted molar refractivity (Wildman–Crippen MR) is 89.5 cm³/mol. The van der Waals surface area contributed by atoms with Crippen molar-refractivity contribution in [2.24, 2.45) is 23.2 Å². The maximum Gasteiger partial charge on any atom is 0.453 e. The van der Waals surface area contributed by atoms with E-state index >= 15 is 0 Å². The summed E-state index contributed by atoms with van der Waals surface area (Å²) in [5, 5.41) is 14.3. The molecule has 26 heavy (non-hydrogen) atoms. The first-order valence-corrected chi connectivity index (χ1v) is 9.39. The van der Waals surface area contributed by atoms with Crippen LogP contribution in [0, 0.1) is 23.2 Å². The van der Waals surface area contributed by atoms with Gasteiger partial charge < -0.3 is 5.32 Å². The number of hydrogen-bond acceptors (Lipinski definition) is 4. The van der Waals surface area contributed by atoms with Gasteiger partial charge in [-0.2, -0.15) is 17.7 Å². The zero-order valence-electron chi connectivity index (χ0n) is 14.6. The molecule has 1 unspecified atom stereocenters. The van der Waals surface area contributed by atoms with Crippen LogP contribution >= 0.6 is 0 Å². The summed E-state index contributed by atoms with van der Waals surface area (Å²) in [6.07, 6.45) is 3.22. The first-order valence-electron chi connectivity index (χ1n) is 9.39. The van der Waals surface area contributed by atoms with Crippen molar-refractivity contribution < 1.29 is 13.2 Å². The minimum absolute atomic E-state index is 0.102. The molecule has 0 amide bonds. The molecule has 2 heterocycles. The minimum atomic E-state index is -4.57. The Bertz CT molecular complexity index is 808. The molecule has 0 aromatic carbocycles. The largest absolute Gasteiger partial charge is 0.453 e. The second kappa shape index (κ2) is 5.33. The molecule has 2 aromatic rings. The van der Waals surface area contributed by atoms with Gasteiger partial charge in [0.15, 0.2) is 5.65 Å². The van der Waals surface area contributed by atoms with Gasteiger partial charge in [-0.15, -0.1) is 15.3 Å². The van der Waals surface area contributed by atoms with Gasteiger partial charge in [0.1, 0.15) is 5.82 Å². The fourth-order valence-corrected chi connectivity index (χ4v) is 6.13. The third kappa shape index (κ3) is 2.48. The Labute approximate surface area is 149 Å². The summed E-state index contributed by atoms with van der Waals surface area (Å²) in [6.45, 7) is 2.16. The summed E-state index contributed by atoms with van der Waals surface area (Å²) in [5.74, 6) is 1.85.